The van der Waals surface area contributed by atoms with E-state index in [1.165, 1.54) is 0 Å². The molecule has 0 bridgehead atoms. The highest BCUT2D eigenvalue weighted by Gasteiger charge is 2.48. The van der Waals surface area contributed by atoms with Gasteiger partial charge < -0.3 is 9.47 Å². The van der Waals surface area contributed by atoms with E-state index >= 15 is 0 Å². The van der Waals surface area contributed by atoms with Crippen LogP contribution in [0.1, 0.15) is 63.8 Å². The molecule has 0 radical (unpaired) electrons. The molecule has 0 fully saturated rings. The summed E-state index contributed by atoms with van der Waals surface area (Å²) < 4.78 is 13.0. The third-order valence-corrected chi connectivity index (χ3v) is 10.7. The summed E-state index contributed by atoms with van der Waals surface area (Å²) in [5, 5.41) is 4.29. The molecule has 0 aliphatic heterocycles. The SMILES string of the molecule is C=CC1(OC(=O)C(C)(C)C)c2ccccc2-c2cc3ccc(-c4ccc5c(c4)C(C=C)(OC(=O)C(C)(C)C)c4ccc6ccccc6c4-5)cc3cc21. The van der Waals surface area contributed by atoms with Crippen LogP contribution in [0.25, 0.3) is 54.9 Å². The number of hydrogen-bond donors (Lipinski definition) is 0. The van der Waals surface area contributed by atoms with Gasteiger partial charge in [-0.2, -0.15) is 0 Å². The second-order valence-electron chi connectivity index (χ2n) is 16.1. The average molecular weight is 683 g/mol. The van der Waals surface area contributed by atoms with Crippen molar-refractivity contribution in [2.24, 2.45) is 10.8 Å². The highest BCUT2D eigenvalue weighted by molar-refractivity contribution is 6.04. The Morgan fingerprint density at radius 3 is 1.79 bits per heavy atom. The van der Waals surface area contributed by atoms with E-state index < -0.39 is 22.0 Å². The minimum atomic E-state index is -1.17. The lowest BCUT2D eigenvalue weighted by Crippen LogP contribution is -2.35. The van der Waals surface area contributed by atoms with Gasteiger partial charge in [0.1, 0.15) is 0 Å². The second kappa shape index (κ2) is 11.4. The van der Waals surface area contributed by atoms with Crippen molar-refractivity contribution in [1.82, 2.24) is 0 Å². The van der Waals surface area contributed by atoms with Crippen molar-refractivity contribution < 1.29 is 19.1 Å². The summed E-state index contributed by atoms with van der Waals surface area (Å²) in [4.78, 5) is 27.1. The first kappa shape index (κ1) is 33.4. The lowest BCUT2D eigenvalue weighted by Gasteiger charge is -2.32. The Morgan fingerprint density at radius 2 is 1.10 bits per heavy atom. The molecule has 0 heterocycles. The largest absolute Gasteiger partial charge is 0.444 e. The summed E-state index contributed by atoms with van der Waals surface area (Å²) in [7, 11) is 0. The maximum atomic E-state index is 13.6. The third kappa shape index (κ3) is 4.81. The number of ether oxygens (including phenoxy) is 2. The summed E-state index contributed by atoms with van der Waals surface area (Å²) >= 11 is 0. The zero-order chi connectivity index (χ0) is 36.8. The van der Waals surface area contributed by atoms with E-state index in [1.54, 1.807) is 12.2 Å². The number of hydrogen-bond acceptors (Lipinski definition) is 4. The Kier molecular flexibility index (Phi) is 7.31. The Morgan fingerprint density at radius 1 is 0.519 bits per heavy atom. The van der Waals surface area contributed by atoms with Crippen molar-refractivity contribution in [2.75, 3.05) is 0 Å². The minimum absolute atomic E-state index is 0.298. The predicted molar refractivity (Wildman–Crippen MR) is 211 cm³/mol. The first-order chi connectivity index (χ1) is 24.7. The van der Waals surface area contributed by atoms with Gasteiger partial charge in [0.05, 0.1) is 10.8 Å². The molecule has 0 saturated heterocycles. The molecule has 2 unspecified atom stereocenters. The summed E-state index contributed by atoms with van der Waals surface area (Å²) in [5.74, 6) is -0.600. The van der Waals surface area contributed by atoms with Crippen LogP contribution >= 0.6 is 0 Å². The van der Waals surface area contributed by atoms with E-state index in [1.807, 2.05) is 71.9 Å². The Labute approximate surface area is 305 Å². The van der Waals surface area contributed by atoms with Crippen molar-refractivity contribution in [3.8, 4) is 33.4 Å². The molecule has 0 aromatic heterocycles. The number of rotatable bonds is 5. The molecule has 258 valence electrons. The van der Waals surface area contributed by atoms with Gasteiger partial charge in [0.15, 0.2) is 11.2 Å². The lowest BCUT2D eigenvalue weighted by atomic mass is 9.87. The maximum absolute atomic E-state index is 13.6. The van der Waals surface area contributed by atoms with Crippen LogP contribution in [0.2, 0.25) is 0 Å². The van der Waals surface area contributed by atoms with Gasteiger partial charge in [-0.15, -0.1) is 0 Å². The number of esters is 2. The van der Waals surface area contributed by atoms with Crippen LogP contribution in [0.5, 0.6) is 0 Å². The molecule has 4 heteroatoms. The summed E-state index contributed by atoms with van der Waals surface area (Å²) in [6.45, 7) is 19.7. The molecule has 2 aliphatic carbocycles. The van der Waals surface area contributed by atoms with E-state index in [9.17, 15) is 9.59 Å². The van der Waals surface area contributed by atoms with E-state index in [0.717, 1.165) is 77.2 Å². The van der Waals surface area contributed by atoms with Gasteiger partial charge in [0.2, 0.25) is 0 Å². The second-order valence-corrected chi connectivity index (χ2v) is 16.1. The lowest BCUT2D eigenvalue weighted by molar-refractivity contribution is -0.163. The zero-order valence-corrected chi connectivity index (χ0v) is 30.6. The number of benzene rings is 6. The molecule has 4 nitrogen and oxygen atoms in total. The molecule has 8 rings (SSSR count). The zero-order valence-electron chi connectivity index (χ0n) is 30.6. The van der Waals surface area contributed by atoms with Crippen LogP contribution in [0.3, 0.4) is 0 Å². The Bertz CT molecular complexity index is 2520. The standard InChI is InChI=1S/C48H42O4/c1-9-47(51-43(49)45(3,4)5)38-18-14-13-17-35(38)37-26-31-20-19-30(25-33(31)28-41(37)47)32-21-23-36-40(27-32)48(10-2,52-44(50)46(6,7)8)39-24-22-29-15-11-12-16-34(29)42(36)39/h9-28H,1-2H2,3-8H3. The van der Waals surface area contributed by atoms with Gasteiger partial charge >= 0.3 is 11.9 Å². The number of carbonyl (C=O) groups excluding carboxylic acids is 2. The van der Waals surface area contributed by atoms with Gasteiger partial charge in [-0.25, -0.2) is 0 Å². The number of fused-ring (bicyclic) bond motifs is 9. The number of carbonyl (C=O) groups is 2. The average Bonchev–Trinajstić information content (AvgIpc) is 3.56. The summed E-state index contributed by atoms with van der Waals surface area (Å²) in [5.41, 5.74) is 6.00. The van der Waals surface area contributed by atoms with Crippen molar-refractivity contribution in [3.63, 3.8) is 0 Å². The van der Waals surface area contributed by atoms with Crippen LogP contribution in [-0.4, -0.2) is 11.9 Å². The molecular weight excluding hydrogens is 641 g/mol. The molecule has 2 aliphatic rings. The topological polar surface area (TPSA) is 52.6 Å². The molecule has 2 atom stereocenters. The molecule has 0 amide bonds. The van der Waals surface area contributed by atoms with Gasteiger partial charge in [-0.1, -0.05) is 98.1 Å². The molecule has 6 aromatic carbocycles. The first-order valence-electron chi connectivity index (χ1n) is 17.8. The smallest absolute Gasteiger partial charge is 0.312 e. The van der Waals surface area contributed by atoms with Gasteiger partial charge in [-0.05, 0) is 133 Å². The Balaban J connectivity index is 1.30. The molecule has 0 N–H and O–H groups in total. The van der Waals surface area contributed by atoms with Gasteiger partial charge in [0.25, 0.3) is 0 Å². The Hall–Kier alpha value is -5.74. The fourth-order valence-corrected chi connectivity index (χ4v) is 7.80. The monoisotopic (exact) mass is 682 g/mol. The van der Waals surface area contributed by atoms with E-state index in [-0.39, 0.29) is 11.9 Å². The molecule has 0 saturated carbocycles. The van der Waals surface area contributed by atoms with Crippen LogP contribution in [0, 0.1) is 10.8 Å². The van der Waals surface area contributed by atoms with Gasteiger partial charge in [-0.3, -0.25) is 9.59 Å². The fraction of sp³-hybridized carbons (Fsp3) is 0.208. The molecular formula is C48H42O4. The van der Waals surface area contributed by atoms with Crippen LogP contribution < -0.4 is 0 Å². The first-order valence-corrected chi connectivity index (χ1v) is 17.8. The molecule has 52 heavy (non-hydrogen) atoms. The minimum Gasteiger partial charge on any atom is -0.444 e. The van der Waals surface area contributed by atoms with Crippen molar-refractivity contribution in [1.29, 1.82) is 0 Å². The quantitative estimate of drug-likeness (QED) is 0.134. The van der Waals surface area contributed by atoms with Crippen molar-refractivity contribution in [3.05, 3.63) is 157 Å². The van der Waals surface area contributed by atoms with Crippen molar-refractivity contribution >= 4 is 33.5 Å². The van der Waals surface area contributed by atoms with Gasteiger partial charge in [0, 0.05) is 22.3 Å². The van der Waals surface area contributed by atoms with Crippen LogP contribution in [0.15, 0.2) is 135 Å². The third-order valence-electron chi connectivity index (χ3n) is 10.7. The predicted octanol–water partition coefficient (Wildman–Crippen LogP) is 11.7. The molecule has 0 spiro atoms. The highest BCUT2D eigenvalue weighted by atomic mass is 16.6. The van der Waals surface area contributed by atoms with Crippen molar-refractivity contribution in [2.45, 2.75) is 52.7 Å². The summed E-state index contributed by atoms with van der Waals surface area (Å²) in [6, 6.07) is 37.7. The molecule has 6 aromatic rings. The van der Waals surface area contributed by atoms with E-state index in [4.69, 9.17) is 9.47 Å². The van der Waals surface area contributed by atoms with Crippen LogP contribution in [-0.2, 0) is 30.3 Å². The van der Waals surface area contributed by atoms with E-state index in [2.05, 4.69) is 92.0 Å². The maximum Gasteiger partial charge on any atom is 0.312 e. The fourth-order valence-electron chi connectivity index (χ4n) is 7.80. The van der Waals surface area contributed by atoms with E-state index in [0.29, 0.717) is 0 Å². The summed E-state index contributed by atoms with van der Waals surface area (Å²) in [6.07, 6.45) is 3.53. The normalized spacial score (nSPS) is 18.7. The van der Waals surface area contributed by atoms with Crippen LogP contribution in [0.4, 0.5) is 0 Å². The highest BCUT2D eigenvalue weighted by Crippen LogP contribution is 2.55.